The van der Waals surface area contributed by atoms with Crippen LogP contribution in [0.2, 0.25) is 5.02 Å². The molecule has 4 aromatic rings. The zero-order valence-electron chi connectivity index (χ0n) is 19.0. The summed E-state index contributed by atoms with van der Waals surface area (Å²) >= 11 is 6.57. The standard InChI is InChI=1S/C25H24ClN7O2/c1-2-21(34)32-11-5-7-18(13-32)33-25-22(24(27)29-15-30-25)23(31-33)16-8-9-20(19(26)12-16)35-14-17-6-3-4-10-28-17/h2-4,6,8-10,12,15,18H,1,5,7,11,13-14H2,(H2,27,29,30)/t18-/m1/s1. The molecule has 1 aliphatic heterocycles. The molecular formula is C25H24ClN7O2. The SMILES string of the molecule is C=CC(=O)N1CCC[C@@H](n2nc(-c3ccc(OCc4ccccn4)c(Cl)c3)c3c(N)ncnc32)C1. The van der Waals surface area contributed by atoms with Gasteiger partial charge in [0, 0.05) is 24.8 Å². The van der Waals surface area contributed by atoms with Gasteiger partial charge in [-0.2, -0.15) is 5.10 Å². The Balaban J connectivity index is 1.48. The second-order valence-electron chi connectivity index (χ2n) is 8.29. The molecular weight excluding hydrogens is 466 g/mol. The van der Waals surface area contributed by atoms with E-state index in [-0.39, 0.29) is 11.9 Å². The van der Waals surface area contributed by atoms with Gasteiger partial charge in [0.15, 0.2) is 5.65 Å². The number of nitrogens with two attached hydrogens (primary N) is 1. The second-order valence-corrected chi connectivity index (χ2v) is 8.70. The van der Waals surface area contributed by atoms with Crippen LogP contribution in [-0.2, 0) is 11.4 Å². The number of hydrogen-bond donors (Lipinski definition) is 1. The summed E-state index contributed by atoms with van der Waals surface area (Å²) in [7, 11) is 0. The van der Waals surface area contributed by atoms with Gasteiger partial charge in [-0.15, -0.1) is 0 Å². The Morgan fingerprint density at radius 2 is 2.14 bits per heavy atom. The van der Waals surface area contributed by atoms with E-state index in [1.165, 1.54) is 12.4 Å². The zero-order chi connectivity index (χ0) is 24.4. The number of piperidine rings is 1. The van der Waals surface area contributed by atoms with Crippen molar-refractivity contribution in [3.05, 3.63) is 72.3 Å². The number of nitrogens with zero attached hydrogens (tertiary/aromatic N) is 6. The number of anilines is 1. The Bertz CT molecular complexity index is 1390. The number of amides is 1. The van der Waals surface area contributed by atoms with Crippen LogP contribution in [0.15, 0.2) is 61.6 Å². The smallest absolute Gasteiger partial charge is 0.246 e. The van der Waals surface area contributed by atoms with Crippen LogP contribution >= 0.6 is 11.6 Å². The molecule has 3 aromatic heterocycles. The maximum atomic E-state index is 12.2. The van der Waals surface area contributed by atoms with Gasteiger partial charge in [-0.1, -0.05) is 24.2 Å². The highest BCUT2D eigenvalue weighted by atomic mass is 35.5. The van der Waals surface area contributed by atoms with Crippen molar-refractivity contribution in [3.63, 3.8) is 0 Å². The molecule has 1 atom stereocenters. The number of ether oxygens (including phenoxy) is 1. The van der Waals surface area contributed by atoms with E-state index in [2.05, 4.69) is 21.5 Å². The summed E-state index contributed by atoms with van der Waals surface area (Å²) < 4.78 is 7.71. The molecule has 2 N–H and O–H groups in total. The van der Waals surface area contributed by atoms with Crippen molar-refractivity contribution in [1.29, 1.82) is 0 Å². The number of halogens is 1. The first-order valence-corrected chi connectivity index (χ1v) is 11.7. The topological polar surface area (TPSA) is 112 Å². The van der Waals surface area contributed by atoms with Crippen LogP contribution in [0.5, 0.6) is 5.75 Å². The van der Waals surface area contributed by atoms with Gasteiger partial charge in [-0.05, 0) is 49.2 Å². The van der Waals surface area contributed by atoms with Crippen LogP contribution in [0, 0.1) is 0 Å². The molecule has 1 saturated heterocycles. The van der Waals surface area contributed by atoms with Crippen molar-refractivity contribution in [1.82, 2.24) is 29.6 Å². The lowest BCUT2D eigenvalue weighted by Crippen LogP contribution is -2.40. The number of carbonyl (C=O) groups excluding carboxylic acids is 1. The Hall–Kier alpha value is -3.98. The van der Waals surface area contributed by atoms with Crippen LogP contribution in [0.25, 0.3) is 22.3 Å². The molecule has 0 spiro atoms. The van der Waals surface area contributed by atoms with Crippen LogP contribution in [0.3, 0.4) is 0 Å². The first-order chi connectivity index (χ1) is 17.0. The third-order valence-electron chi connectivity index (χ3n) is 6.05. The summed E-state index contributed by atoms with van der Waals surface area (Å²) in [6.45, 7) is 5.13. The highest BCUT2D eigenvalue weighted by Crippen LogP contribution is 2.36. The van der Waals surface area contributed by atoms with E-state index in [1.807, 2.05) is 28.9 Å². The summed E-state index contributed by atoms with van der Waals surface area (Å²) in [5.74, 6) is 0.783. The van der Waals surface area contributed by atoms with Gasteiger partial charge in [0.05, 0.1) is 22.1 Å². The number of hydrogen-bond acceptors (Lipinski definition) is 7. The maximum Gasteiger partial charge on any atom is 0.246 e. The molecule has 1 aromatic carbocycles. The molecule has 0 radical (unpaired) electrons. The summed E-state index contributed by atoms with van der Waals surface area (Å²) in [6, 6.07) is 11.1. The summed E-state index contributed by atoms with van der Waals surface area (Å²) in [4.78, 5) is 26.9. The molecule has 0 bridgehead atoms. The second kappa shape index (κ2) is 9.71. The largest absolute Gasteiger partial charge is 0.486 e. The Kier molecular flexibility index (Phi) is 6.33. The Morgan fingerprint density at radius 3 is 2.91 bits per heavy atom. The molecule has 35 heavy (non-hydrogen) atoms. The van der Waals surface area contributed by atoms with Crippen molar-refractivity contribution in [2.24, 2.45) is 0 Å². The van der Waals surface area contributed by atoms with E-state index in [0.717, 1.165) is 24.1 Å². The molecule has 0 unspecified atom stereocenters. The van der Waals surface area contributed by atoms with Crippen molar-refractivity contribution in [3.8, 4) is 17.0 Å². The van der Waals surface area contributed by atoms with Crippen LogP contribution in [0.1, 0.15) is 24.6 Å². The van der Waals surface area contributed by atoms with E-state index in [4.69, 9.17) is 27.2 Å². The predicted molar refractivity (Wildman–Crippen MR) is 134 cm³/mol. The minimum atomic E-state index is -0.0893. The molecule has 9 nitrogen and oxygen atoms in total. The minimum absolute atomic E-state index is 0.0466. The molecule has 178 valence electrons. The average Bonchev–Trinajstić information content (AvgIpc) is 3.29. The molecule has 0 saturated carbocycles. The number of benzene rings is 1. The van der Waals surface area contributed by atoms with Gasteiger partial charge in [0.25, 0.3) is 0 Å². The fraction of sp³-hybridized carbons (Fsp3) is 0.240. The Labute approximate surface area is 207 Å². The third-order valence-corrected chi connectivity index (χ3v) is 6.35. The number of nitrogen functional groups attached to an aromatic ring is 1. The van der Waals surface area contributed by atoms with Gasteiger partial charge in [0.1, 0.15) is 30.2 Å². The van der Waals surface area contributed by atoms with Gasteiger partial charge >= 0.3 is 0 Å². The number of rotatable bonds is 6. The number of carbonyl (C=O) groups is 1. The number of aromatic nitrogens is 5. The molecule has 4 heterocycles. The third kappa shape index (κ3) is 4.54. The molecule has 1 amide bonds. The van der Waals surface area contributed by atoms with Crippen molar-refractivity contribution < 1.29 is 9.53 Å². The first kappa shape index (κ1) is 22.8. The van der Waals surface area contributed by atoms with Gasteiger partial charge < -0.3 is 15.4 Å². The van der Waals surface area contributed by atoms with E-state index in [0.29, 0.717) is 53.0 Å². The molecule has 0 aliphatic carbocycles. The predicted octanol–water partition coefficient (Wildman–Crippen LogP) is 4.05. The quantitative estimate of drug-likeness (QED) is 0.406. The summed E-state index contributed by atoms with van der Waals surface area (Å²) in [6.07, 6.45) is 6.21. The highest BCUT2D eigenvalue weighted by molar-refractivity contribution is 6.32. The molecule has 10 heteroatoms. The monoisotopic (exact) mass is 489 g/mol. The normalized spacial score (nSPS) is 15.8. The fourth-order valence-corrected chi connectivity index (χ4v) is 4.57. The molecule has 5 rings (SSSR count). The van der Waals surface area contributed by atoms with Crippen LogP contribution in [0.4, 0.5) is 5.82 Å². The van der Waals surface area contributed by atoms with Crippen molar-refractivity contribution >= 4 is 34.4 Å². The van der Waals surface area contributed by atoms with Gasteiger partial charge in [-0.25, -0.2) is 14.6 Å². The number of likely N-dealkylation sites (tertiary alicyclic amines) is 1. The zero-order valence-corrected chi connectivity index (χ0v) is 19.7. The highest BCUT2D eigenvalue weighted by Gasteiger charge is 2.28. The van der Waals surface area contributed by atoms with Crippen LogP contribution < -0.4 is 10.5 Å². The average molecular weight is 490 g/mol. The lowest BCUT2D eigenvalue weighted by atomic mass is 10.1. The van der Waals surface area contributed by atoms with Crippen molar-refractivity contribution in [2.45, 2.75) is 25.5 Å². The summed E-state index contributed by atoms with van der Waals surface area (Å²) in [5, 5.41) is 5.98. The summed E-state index contributed by atoms with van der Waals surface area (Å²) in [5.41, 5.74) is 9.09. The van der Waals surface area contributed by atoms with Crippen molar-refractivity contribution in [2.75, 3.05) is 18.8 Å². The van der Waals surface area contributed by atoms with E-state index < -0.39 is 0 Å². The van der Waals surface area contributed by atoms with Crippen LogP contribution in [-0.4, -0.2) is 48.6 Å². The maximum absolute atomic E-state index is 12.2. The van der Waals surface area contributed by atoms with E-state index in [1.54, 1.807) is 23.2 Å². The van der Waals surface area contributed by atoms with Gasteiger partial charge in [0.2, 0.25) is 5.91 Å². The minimum Gasteiger partial charge on any atom is -0.486 e. The van der Waals surface area contributed by atoms with E-state index in [9.17, 15) is 4.79 Å². The lowest BCUT2D eigenvalue weighted by molar-refractivity contribution is -0.127. The van der Waals surface area contributed by atoms with Gasteiger partial charge in [-0.3, -0.25) is 9.78 Å². The molecule has 1 aliphatic rings. The lowest BCUT2D eigenvalue weighted by Gasteiger charge is -2.32. The number of pyridine rings is 1. The first-order valence-electron chi connectivity index (χ1n) is 11.3. The number of fused-ring (bicyclic) bond motifs is 1. The van der Waals surface area contributed by atoms with E-state index >= 15 is 0 Å². The Morgan fingerprint density at radius 1 is 1.26 bits per heavy atom. The fourth-order valence-electron chi connectivity index (χ4n) is 4.34. The molecule has 1 fully saturated rings.